The fraction of sp³-hybridized carbons (Fsp3) is 0.533. The van der Waals surface area contributed by atoms with Gasteiger partial charge in [0.15, 0.2) is 0 Å². The van der Waals surface area contributed by atoms with Crippen LogP contribution < -0.4 is 5.73 Å². The molecule has 2 N–H and O–H groups in total. The number of aryl methyl sites for hydroxylation is 1. The summed E-state index contributed by atoms with van der Waals surface area (Å²) in [4.78, 5) is 14.3. The third kappa shape index (κ3) is 2.56. The summed E-state index contributed by atoms with van der Waals surface area (Å²) in [5.41, 5.74) is 7.91. The Kier molecular flexibility index (Phi) is 3.71. The van der Waals surface area contributed by atoms with Gasteiger partial charge in [-0.3, -0.25) is 4.79 Å². The molecule has 1 atom stereocenters. The summed E-state index contributed by atoms with van der Waals surface area (Å²) in [5.74, 6) is 0.134. The van der Waals surface area contributed by atoms with Gasteiger partial charge in [-0.2, -0.15) is 0 Å². The zero-order chi connectivity index (χ0) is 13.2. The van der Waals surface area contributed by atoms with E-state index in [1.165, 1.54) is 5.56 Å². The maximum absolute atomic E-state index is 12.3. The van der Waals surface area contributed by atoms with Crippen LogP contribution in [0.1, 0.15) is 36.2 Å². The van der Waals surface area contributed by atoms with Crippen molar-refractivity contribution in [1.82, 2.24) is 4.90 Å². The van der Waals surface area contributed by atoms with Gasteiger partial charge in [-0.1, -0.05) is 26.0 Å². The number of nitrogens with two attached hydrogens (primary N) is 1. The lowest BCUT2D eigenvalue weighted by atomic mass is 9.90. The largest absolute Gasteiger partial charge is 0.338 e. The molecule has 1 unspecified atom stereocenters. The van der Waals surface area contributed by atoms with E-state index in [0.717, 1.165) is 31.5 Å². The zero-order valence-electron chi connectivity index (χ0n) is 11.3. The molecule has 0 aliphatic carbocycles. The van der Waals surface area contributed by atoms with E-state index in [9.17, 15) is 4.79 Å². The summed E-state index contributed by atoms with van der Waals surface area (Å²) in [7, 11) is 0. The molecule has 0 spiro atoms. The summed E-state index contributed by atoms with van der Waals surface area (Å²) in [6.07, 6.45) is 2.01. The van der Waals surface area contributed by atoms with Gasteiger partial charge in [-0.15, -0.1) is 0 Å². The van der Waals surface area contributed by atoms with Crippen molar-refractivity contribution in [3.8, 4) is 0 Å². The number of amides is 1. The van der Waals surface area contributed by atoms with E-state index in [-0.39, 0.29) is 11.3 Å². The normalized spacial score (nSPS) is 23.4. The first-order chi connectivity index (χ1) is 8.58. The molecule has 1 aromatic rings. The standard InChI is InChI=1S/C15H22N2O/c1-3-12-4-6-13(7-5-12)14(18)17-9-8-15(2,10-16)11-17/h4-7H,3,8-11,16H2,1-2H3. The number of hydrogen-bond acceptors (Lipinski definition) is 2. The third-order valence-electron chi connectivity index (χ3n) is 3.95. The van der Waals surface area contributed by atoms with E-state index in [0.29, 0.717) is 6.54 Å². The number of rotatable bonds is 3. The predicted octanol–water partition coefficient (Wildman–Crippen LogP) is 2.06. The highest BCUT2D eigenvalue weighted by Gasteiger charge is 2.35. The summed E-state index contributed by atoms with van der Waals surface area (Å²) < 4.78 is 0. The minimum absolute atomic E-state index is 0.0962. The topological polar surface area (TPSA) is 46.3 Å². The van der Waals surface area contributed by atoms with Crippen LogP contribution in [-0.4, -0.2) is 30.4 Å². The van der Waals surface area contributed by atoms with Gasteiger partial charge in [0.05, 0.1) is 0 Å². The lowest BCUT2D eigenvalue weighted by molar-refractivity contribution is 0.0777. The fourth-order valence-corrected chi connectivity index (χ4v) is 2.43. The van der Waals surface area contributed by atoms with Crippen molar-refractivity contribution in [1.29, 1.82) is 0 Å². The first-order valence-electron chi connectivity index (χ1n) is 6.66. The molecule has 0 bridgehead atoms. The predicted molar refractivity (Wildman–Crippen MR) is 73.5 cm³/mol. The van der Waals surface area contributed by atoms with Crippen LogP contribution in [0.5, 0.6) is 0 Å². The second-order valence-electron chi connectivity index (χ2n) is 5.54. The number of nitrogens with zero attached hydrogens (tertiary/aromatic N) is 1. The Morgan fingerprint density at radius 3 is 2.56 bits per heavy atom. The minimum atomic E-state index is 0.0962. The van der Waals surface area contributed by atoms with Gasteiger partial charge in [0.25, 0.3) is 5.91 Å². The zero-order valence-corrected chi connectivity index (χ0v) is 11.3. The molecule has 3 heteroatoms. The van der Waals surface area contributed by atoms with Crippen LogP contribution in [0.25, 0.3) is 0 Å². The summed E-state index contributed by atoms with van der Waals surface area (Å²) >= 11 is 0. The van der Waals surface area contributed by atoms with Gasteiger partial charge in [0, 0.05) is 18.7 Å². The Balaban J connectivity index is 2.08. The van der Waals surface area contributed by atoms with Crippen LogP contribution in [0.2, 0.25) is 0 Å². The Labute approximate surface area is 109 Å². The second kappa shape index (κ2) is 5.11. The fourth-order valence-electron chi connectivity index (χ4n) is 2.43. The maximum Gasteiger partial charge on any atom is 0.253 e. The number of carbonyl (C=O) groups excluding carboxylic acids is 1. The molecular formula is C15H22N2O. The van der Waals surface area contributed by atoms with Crippen molar-refractivity contribution in [2.45, 2.75) is 26.7 Å². The molecule has 0 saturated carbocycles. The average Bonchev–Trinajstić information content (AvgIpc) is 2.81. The molecular weight excluding hydrogens is 224 g/mol. The van der Waals surface area contributed by atoms with Crippen LogP contribution in [0.4, 0.5) is 0 Å². The van der Waals surface area contributed by atoms with Crippen LogP contribution >= 0.6 is 0 Å². The van der Waals surface area contributed by atoms with Crippen molar-refractivity contribution in [2.75, 3.05) is 19.6 Å². The number of carbonyl (C=O) groups is 1. The van der Waals surface area contributed by atoms with Crippen LogP contribution in [-0.2, 0) is 6.42 Å². The van der Waals surface area contributed by atoms with E-state index in [2.05, 4.69) is 13.8 Å². The van der Waals surface area contributed by atoms with E-state index in [1.54, 1.807) is 0 Å². The van der Waals surface area contributed by atoms with Crippen LogP contribution in [0.3, 0.4) is 0 Å². The highest BCUT2D eigenvalue weighted by atomic mass is 16.2. The Hall–Kier alpha value is -1.35. The van der Waals surface area contributed by atoms with Gasteiger partial charge < -0.3 is 10.6 Å². The minimum Gasteiger partial charge on any atom is -0.338 e. The van der Waals surface area contributed by atoms with Crippen LogP contribution in [0.15, 0.2) is 24.3 Å². The van der Waals surface area contributed by atoms with E-state index >= 15 is 0 Å². The van der Waals surface area contributed by atoms with E-state index < -0.39 is 0 Å². The van der Waals surface area contributed by atoms with Gasteiger partial charge in [0.2, 0.25) is 0 Å². The van der Waals surface area contributed by atoms with E-state index in [4.69, 9.17) is 5.73 Å². The highest BCUT2D eigenvalue weighted by molar-refractivity contribution is 5.94. The van der Waals surface area contributed by atoms with Crippen molar-refractivity contribution >= 4 is 5.91 Å². The number of likely N-dealkylation sites (tertiary alicyclic amines) is 1. The highest BCUT2D eigenvalue weighted by Crippen LogP contribution is 2.29. The smallest absolute Gasteiger partial charge is 0.253 e. The van der Waals surface area contributed by atoms with Crippen molar-refractivity contribution < 1.29 is 4.79 Å². The Bertz CT molecular complexity index is 427. The summed E-state index contributed by atoms with van der Waals surface area (Å²) in [6.45, 7) is 6.51. The molecule has 1 aromatic carbocycles. The van der Waals surface area contributed by atoms with Gasteiger partial charge in [-0.25, -0.2) is 0 Å². The maximum atomic E-state index is 12.3. The molecule has 1 heterocycles. The second-order valence-corrected chi connectivity index (χ2v) is 5.54. The van der Waals surface area contributed by atoms with Crippen molar-refractivity contribution in [2.24, 2.45) is 11.1 Å². The summed E-state index contributed by atoms with van der Waals surface area (Å²) in [5, 5.41) is 0. The Morgan fingerprint density at radius 2 is 2.06 bits per heavy atom. The van der Waals surface area contributed by atoms with Crippen LogP contribution in [0, 0.1) is 5.41 Å². The average molecular weight is 246 g/mol. The molecule has 2 rings (SSSR count). The van der Waals surface area contributed by atoms with Gasteiger partial charge in [-0.05, 0) is 42.5 Å². The van der Waals surface area contributed by atoms with Crippen molar-refractivity contribution in [3.63, 3.8) is 0 Å². The molecule has 0 aromatic heterocycles. The monoisotopic (exact) mass is 246 g/mol. The molecule has 3 nitrogen and oxygen atoms in total. The van der Waals surface area contributed by atoms with Crippen molar-refractivity contribution in [3.05, 3.63) is 35.4 Å². The molecule has 1 saturated heterocycles. The molecule has 1 amide bonds. The van der Waals surface area contributed by atoms with Gasteiger partial charge >= 0.3 is 0 Å². The first-order valence-corrected chi connectivity index (χ1v) is 6.66. The molecule has 18 heavy (non-hydrogen) atoms. The van der Waals surface area contributed by atoms with Gasteiger partial charge in [0.1, 0.15) is 0 Å². The quantitative estimate of drug-likeness (QED) is 0.887. The lowest BCUT2D eigenvalue weighted by Gasteiger charge is -2.22. The lowest BCUT2D eigenvalue weighted by Crippen LogP contribution is -2.34. The number of benzene rings is 1. The molecule has 1 aliphatic heterocycles. The first kappa shape index (κ1) is 13.1. The third-order valence-corrected chi connectivity index (χ3v) is 3.95. The Morgan fingerprint density at radius 1 is 1.39 bits per heavy atom. The SMILES string of the molecule is CCc1ccc(C(=O)N2CCC(C)(CN)C2)cc1. The number of hydrogen-bond donors (Lipinski definition) is 1. The summed E-state index contributed by atoms with van der Waals surface area (Å²) in [6, 6.07) is 7.93. The molecule has 1 fully saturated rings. The molecule has 0 radical (unpaired) electrons. The molecule has 98 valence electrons. The molecule has 1 aliphatic rings. The van der Waals surface area contributed by atoms with E-state index in [1.807, 2.05) is 29.2 Å².